The number of thioether (sulfide) groups is 1. The van der Waals surface area contributed by atoms with Crippen molar-refractivity contribution >= 4 is 41.7 Å². The fourth-order valence-electron chi connectivity index (χ4n) is 2.87. The summed E-state index contributed by atoms with van der Waals surface area (Å²) in [7, 11) is 1.78. The van der Waals surface area contributed by atoms with Gasteiger partial charge in [0.2, 0.25) is 0 Å². The van der Waals surface area contributed by atoms with Gasteiger partial charge in [-0.3, -0.25) is 9.56 Å². The monoisotopic (exact) mass is 522 g/mol. The van der Waals surface area contributed by atoms with E-state index in [-0.39, 0.29) is 24.0 Å². The molecule has 0 amide bonds. The highest BCUT2D eigenvalue weighted by Crippen LogP contribution is 2.21. The number of benzene rings is 1. The first-order chi connectivity index (χ1) is 13.6. The smallest absolute Gasteiger partial charge is 0.191 e. The Kier molecular flexibility index (Phi) is 8.97. The number of aliphatic imine (C=N–C) groups is 1. The van der Waals surface area contributed by atoms with E-state index >= 15 is 0 Å². The molecule has 154 valence electrons. The summed E-state index contributed by atoms with van der Waals surface area (Å²) in [6, 6.07) is 10.6. The summed E-state index contributed by atoms with van der Waals surface area (Å²) >= 11 is 1.77. The van der Waals surface area contributed by atoms with Gasteiger partial charge in [0.15, 0.2) is 5.96 Å². The highest BCUT2D eigenvalue weighted by molar-refractivity contribution is 14.0. The molecule has 0 atom stereocenters. The number of rotatable bonds is 6. The Morgan fingerprint density at radius 2 is 1.90 bits per heavy atom. The minimum absolute atomic E-state index is 0. The Morgan fingerprint density at radius 3 is 2.52 bits per heavy atom. The van der Waals surface area contributed by atoms with Crippen molar-refractivity contribution in [1.82, 2.24) is 25.2 Å². The SMILES string of the molecule is CN=C(NCc1ccc(-n2ccnc2C)nc1)NCc1ccc(C)cc1SC.I. The van der Waals surface area contributed by atoms with Crippen LogP contribution in [0.2, 0.25) is 0 Å². The molecule has 2 aromatic heterocycles. The Hall–Kier alpha value is -2.07. The number of nitrogens with zero attached hydrogens (tertiary/aromatic N) is 4. The molecule has 0 saturated heterocycles. The van der Waals surface area contributed by atoms with Gasteiger partial charge in [0.25, 0.3) is 0 Å². The molecule has 0 aliphatic rings. The second-order valence-corrected chi connectivity index (χ2v) is 7.31. The number of pyridine rings is 1. The molecule has 0 bridgehead atoms. The minimum Gasteiger partial charge on any atom is -0.352 e. The molecule has 6 nitrogen and oxygen atoms in total. The molecule has 0 fully saturated rings. The molecule has 29 heavy (non-hydrogen) atoms. The number of hydrogen-bond acceptors (Lipinski definition) is 4. The number of nitrogens with one attached hydrogen (secondary N) is 2. The first-order valence-electron chi connectivity index (χ1n) is 9.14. The maximum Gasteiger partial charge on any atom is 0.191 e. The van der Waals surface area contributed by atoms with Gasteiger partial charge >= 0.3 is 0 Å². The second-order valence-electron chi connectivity index (χ2n) is 6.46. The largest absolute Gasteiger partial charge is 0.352 e. The van der Waals surface area contributed by atoms with E-state index < -0.39 is 0 Å². The molecule has 8 heteroatoms. The summed E-state index contributed by atoms with van der Waals surface area (Å²) in [5, 5.41) is 6.73. The molecule has 1 aromatic carbocycles. The van der Waals surface area contributed by atoms with Gasteiger partial charge in [-0.25, -0.2) is 9.97 Å². The van der Waals surface area contributed by atoms with E-state index in [9.17, 15) is 0 Å². The van der Waals surface area contributed by atoms with Crippen molar-refractivity contribution in [3.05, 3.63) is 71.4 Å². The lowest BCUT2D eigenvalue weighted by molar-refractivity contribution is 0.797. The van der Waals surface area contributed by atoms with Crippen LogP contribution < -0.4 is 10.6 Å². The van der Waals surface area contributed by atoms with Crippen LogP contribution in [-0.2, 0) is 13.1 Å². The molecule has 3 aromatic rings. The van der Waals surface area contributed by atoms with Gasteiger partial charge in [0.05, 0.1) is 0 Å². The van der Waals surface area contributed by atoms with Gasteiger partial charge in [0.1, 0.15) is 11.6 Å². The Labute approximate surface area is 193 Å². The van der Waals surface area contributed by atoms with Gasteiger partial charge in [-0.1, -0.05) is 18.2 Å². The lowest BCUT2D eigenvalue weighted by Gasteiger charge is -2.14. The van der Waals surface area contributed by atoms with Crippen LogP contribution in [0.15, 0.2) is 58.8 Å². The molecule has 0 aliphatic carbocycles. The molecular weight excluding hydrogens is 495 g/mol. The van der Waals surface area contributed by atoms with Crippen molar-refractivity contribution in [1.29, 1.82) is 0 Å². The predicted molar refractivity (Wildman–Crippen MR) is 132 cm³/mol. The van der Waals surface area contributed by atoms with E-state index in [1.807, 2.05) is 30.0 Å². The fraction of sp³-hybridized carbons (Fsp3) is 0.286. The molecule has 0 unspecified atom stereocenters. The molecule has 0 radical (unpaired) electrons. The topological polar surface area (TPSA) is 67.1 Å². The third-order valence-electron chi connectivity index (χ3n) is 4.45. The Balaban J connectivity index is 0.00000300. The van der Waals surface area contributed by atoms with E-state index in [0.717, 1.165) is 29.7 Å². The Morgan fingerprint density at radius 1 is 1.10 bits per heavy atom. The normalized spacial score (nSPS) is 11.1. The molecule has 0 saturated carbocycles. The number of imidazole rings is 1. The predicted octanol–water partition coefficient (Wildman–Crippen LogP) is 4.09. The van der Waals surface area contributed by atoms with E-state index in [0.29, 0.717) is 6.54 Å². The number of aryl methyl sites for hydroxylation is 2. The van der Waals surface area contributed by atoms with Crippen LogP contribution in [0.5, 0.6) is 0 Å². The molecule has 0 aliphatic heterocycles. The summed E-state index contributed by atoms with van der Waals surface area (Å²) in [6.07, 6.45) is 7.67. The lowest BCUT2D eigenvalue weighted by Crippen LogP contribution is -2.36. The molecule has 2 heterocycles. The van der Waals surface area contributed by atoms with E-state index in [1.54, 1.807) is 25.0 Å². The third kappa shape index (κ3) is 6.20. The molecular formula is C21H27IN6S. The van der Waals surface area contributed by atoms with Crippen LogP contribution in [0.3, 0.4) is 0 Å². The maximum atomic E-state index is 4.53. The number of hydrogen-bond donors (Lipinski definition) is 2. The van der Waals surface area contributed by atoms with Crippen molar-refractivity contribution in [2.24, 2.45) is 4.99 Å². The van der Waals surface area contributed by atoms with Crippen LogP contribution in [0, 0.1) is 13.8 Å². The second kappa shape index (κ2) is 11.2. The molecule has 2 N–H and O–H groups in total. The summed E-state index contributed by atoms with van der Waals surface area (Å²) in [5.74, 6) is 2.55. The standard InChI is InChI=1S/C21H26N6S.HI/c1-15-5-7-18(19(11-15)28-4)14-26-21(22-3)25-13-17-6-8-20(24-12-17)27-10-9-23-16(27)2;/h5-12H,13-14H2,1-4H3,(H2,22,25,26);1H. The number of aromatic nitrogens is 3. The van der Waals surface area contributed by atoms with Gasteiger partial charge in [0, 0.05) is 43.6 Å². The van der Waals surface area contributed by atoms with Crippen LogP contribution in [0.25, 0.3) is 5.82 Å². The van der Waals surface area contributed by atoms with Crippen molar-refractivity contribution < 1.29 is 0 Å². The van der Waals surface area contributed by atoms with Crippen molar-refractivity contribution in [3.63, 3.8) is 0 Å². The quantitative estimate of drug-likeness (QED) is 0.221. The fourth-order valence-corrected chi connectivity index (χ4v) is 3.57. The van der Waals surface area contributed by atoms with Crippen molar-refractivity contribution in [2.75, 3.05) is 13.3 Å². The number of guanidine groups is 1. The molecule has 3 rings (SSSR count). The van der Waals surface area contributed by atoms with E-state index in [1.165, 1.54) is 16.0 Å². The highest BCUT2D eigenvalue weighted by Gasteiger charge is 2.05. The highest BCUT2D eigenvalue weighted by atomic mass is 127. The number of halogens is 1. The summed E-state index contributed by atoms with van der Waals surface area (Å²) < 4.78 is 1.96. The zero-order valence-electron chi connectivity index (χ0n) is 17.1. The average molecular weight is 522 g/mol. The Bertz CT molecular complexity index is 952. The van der Waals surface area contributed by atoms with Crippen LogP contribution in [0.1, 0.15) is 22.5 Å². The minimum atomic E-state index is 0. The lowest BCUT2D eigenvalue weighted by atomic mass is 10.1. The van der Waals surface area contributed by atoms with Gasteiger partial charge in [-0.2, -0.15) is 0 Å². The first-order valence-corrected chi connectivity index (χ1v) is 10.4. The summed E-state index contributed by atoms with van der Waals surface area (Å²) in [4.78, 5) is 14.4. The van der Waals surface area contributed by atoms with Gasteiger partial charge in [-0.15, -0.1) is 35.7 Å². The van der Waals surface area contributed by atoms with Crippen molar-refractivity contribution in [2.45, 2.75) is 31.8 Å². The van der Waals surface area contributed by atoms with Crippen LogP contribution in [0.4, 0.5) is 0 Å². The zero-order chi connectivity index (χ0) is 19.9. The van der Waals surface area contributed by atoms with E-state index in [2.05, 4.69) is 63.0 Å². The zero-order valence-corrected chi connectivity index (χ0v) is 20.3. The van der Waals surface area contributed by atoms with Crippen LogP contribution >= 0.6 is 35.7 Å². The van der Waals surface area contributed by atoms with Gasteiger partial charge < -0.3 is 10.6 Å². The van der Waals surface area contributed by atoms with Gasteiger partial charge in [-0.05, 0) is 48.9 Å². The van der Waals surface area contributed by atoms with Crippen LogP contribution in [-0.4, -0.2) is 33.8 Å². The maximum absolute atomic E-state index is 4.53. The third-order valence-corrected chi connectivity index (χ3v) is 5.27. The van der Waals surface area contributed by atoms with E-state index in [4.69, 9.17) is 0 Å². The first kappa shape index (κ1) is 23.2. The summed E-state index contributed by atoms with van der Waals surface area (Å²) in [5.41, 5.74) is 3.63. The summed E-state index contributed by atoms with van der Waals surface area (Å²) in [6.45, 7) is 5.46. The average Bonchev–Trinajstić information content (AvgIpc) is 3.15. The molecule has 0 spiro atoms. The van der Waals surface area contributed by atoms with Crippen molar-refractivity contribution in [3.8, 4) is 5.82 Å².